The molecule has 0 aromatic carbocycles. The Bertz CT molecular complexity index is 1190. The van der Waals surface area contributed by atoms with Crippen LogP contribution in [-0.4, -0.2) is 5.78 Å². The highest BCUT2D eigenvalue weighted by Crippen LogP contribution is 2.41. The van der Waals surface area contributed by atoms with Crippen LogP contribution < -0.4 is 5.11 Å². The Kier molecular flexibility index (Phi) is 10.9. The molecule has 218 valence electrons. The minimum absolute atomic E-state index is 0.00800. The maximum absolute atomic E-state index is 13.3. The average molecular weight is 579 g/mol. The summed E-state index contributed by atoms with van der Waals surface area (Å²) in [5.74, 6) is 1.12. The molecular formula is C36H50O2S2. The van der Waals surface area contributed by atoms with Crippen LogP contribution in [-0.2, 0) is 15.6 Å². The Morgan fingerprint density at radius 1 is 0.825 bits per heavy atom. The maximum atomic E-state index is 13.3. The molecule has 0 N–H and O–H groups in total. The molecule has 0 radical (unpaired) electrons. The number of allylic oxidation sites excluding steroid dienone is 8. The molecule has 0 fully saturated rings. The van der Waals surface area contributed by atoms with Gasteiger partial charge in [-0.25, -0.2) is 0 Å². The zero-order valence-electron chi connectivity index (χ0n) is 26.5. The number of carbonyl (C=O) groups is 1. The molecule has 1 aromatic heterocycles. The summed E-state index contributed by atoms with van der Waals surface area (Å²) in [5.41, 5.74) is 2.52. The predicted octanol–water partition coefficient (Wildman–Crippen LogP) is 10.3. The van der Waals surface area contributed by atoms with Crippen molar-refractivity contribution < 1.29 is 9.90 Å². The molecule has 40 heavy (non-hydrogen) atoms. The van der Waals surface area contributed by atoms with E-state index in [1.807, 2.05) is 29.2 Å². The molecule has 0 saturated heterocycles. The van der Waals surface area contributed by atoms with Gasteiger partial charge in [-0.15, -0.1) is 0 Å². The molecule has 2 nitrogen and oxygen atoms in total. The highest BCUT2D eigenvalue weighted by molar-refractivity contribution is 8.06. The number of thioether (sulfide) groups is 1. The Labute approximate surface area is 252 Å². The fraction of sp³-hybridized carbons (Fsp3) is 0.556. The summed E-state index contributed by atoms with van der Waals surface area (Å²) in [7, 11) is 0. The quantitative estimate of drug-likeness (QED) is 0.205. The van der Waals surface area contributed by atoms with E-state index >= 15 is 0 Å². The van der Waals surface area contributed by atoms with Crippen molar-refractivity contribution >= 4 is 35.0 Å². The van der Waals surface area contributed by atoms with E-state index in [0.29, 0.717) is 23.0 Å². The van der Waals surface area contributed by atoms with Crippen LogP contribution >= 0.6 is 23.1 Å². The number of hydrogen-bond donors (Lipinski definition) is 0. The Hall–Kier alpha value is -1.91. The van der Waals surface area contributed by atoms with E-state index < -0.39 is 0 Å². The summed E-state index contributed by atoms with van der Waals surface area (Å²) in [6, 6.07) is 4.28. The number of ketones is 1. The third kappa shape index (κ3) is 9.05. The zero-order valence-corrected chi connectivity index (χ0v) is 28.1. The van der Waals surface area contributed by atoms with Crippen molar-refractivity contribution in [1.29, 1.82) is 0 Å². The highest BCUT2D eigenvalue weighted by atomic mass is 32.2. The van der Waals surface area contributed by atoms with Crippen LogP contribution in [0.1, 0.15) is 123 Å². The molecule has 0 atom stereocenters. The lowest BCUT2D eigenvalue weighted by Gasteiger charge is -2.29. The van der Waals surface area contributed by atoms with Crippen molar-refractivity contribution in [3.63, 3.8) is 0 Å². The van der Waals surface area contributed by atoms with Gasteiger partial charge in [-0.1, -0.05) is 99.6 Å². The van der Waals surface area contributed by atoms with Crippen LogP contribution in [0, 0.1) is 11.8 Å². The monoisotopic (exact) mass is 578 g/mol. The molecule has 0 unspecified atom stereocenters. The van der Waals surface area contributed by atoms with Gasteiger partial charge < -0.3 is 5.11 Å². The summed E-state index contributed by atoms with van der Waals surface area (Å²) >= 11 is 3.71. The summed E-state index contributed by atoms with van der Waals surface area (Å²) in [6.45, 7) is 22.3. The second kappa shape index (κ2) is 13.4. The second-order valence-corrected chi connectivity index (χ2v) is 16.6. The first-order valence-corrected chi connectivity index (χ1v) is 16.7. The second-order valence-electron chi connectivity index (χ2n) is 14.3. The molecule has 0 amide bonds. The molecule has 1 aromatic rings. The third-order valence-electron chi connectivity index (χ3n) is 7.22. The molecule has 2 heterocycles. The molecule has 0 spiro atoms. The SMILES string of the molecule is CC(C)CCCC1=CC(=CC2=C([O-])C(=Cc3cc(C(C)(C)C)[s+]c(C(C)(C)C)c3)C2=O)C=C(CCCC(C)C)S1. The number of Topliss-reactive ketones (excluding diaryl/α,β-unsaturated/α-hetero) is 1. The minimum atomic E-state index is -0.137. The van der Waals surface area contributed by atoms with Gasteiger partial charge in [0, 0.05) is 34.1 Å². The van der Waals surface area contributed by atoms with Crippen molar-refractivity contribution in [2.24, 2.45) is 11.8 Å². The van der Waals surface area contributed by atoms with Crippen LogP contribution in [0.15, 0.2) is 62.6 Å². The minimum Gasteiger partial charge on any atom is -0.871 e. The van der Waals surface area contributed by atoms with Crippen molar-refractivity contribution in [3.8, 4) is 0 Å². The molecular weight excluding hydrogens is 529 g/mol. The smallest absolute Gasteiger partial charge is 0.219 e. The first kappa shape index (κ1) is 32.6. The summed E-state index contributed by atoms with van der Waals surface area (Å²) in [6.07, 6.45) is 14.9. The molecule has 4 heteroatoms. The van der Waals surface area contributed by atoms with Gasteiger partial charge in [0.15, 0.2) is 5.78 Å². The van der Waals surface area contributed by atoms with Crippen LogP contribution in [0.4, 0.5) is 0 Å². The van der Waals surface area contributed by atoms with Gasteiger partial charge in [0.2, 0.25) is 21.1 Å². The van der Waals surface area contributed by atoms with Crippen molar-refractivity contribution in [3.05, 3.63) is 78.0 Å². The fourth-order valence-corrected chi connectivity index (χ4v) is 7.17. The molecule has 2 aliphatic rings. The molecule has 0 saturated carbocycles. The lowest BCUT2D eigenvalue weighted by Crippen LogP contribution is -2.29. The first-order valence-electron chi connectivity index (χ1n) is 15.0. The van der Waals surface area contributed by atoms with E-state index in [-0.39, 0.29) is 22.4 Å². The standard InChI is InChI=1S/C36H50O2S2/c1-23(2)13-11-15-27-17-25(18-28(39-27)16-12-14-24(3)4)19-29-33(37)30(34(29)38)20-26-21-31(35(5,6)7)40-32(22-26)36(8,9)10/h17-24H,11-16H2,1-10H3. The van der Waals surface area contributed by atoms with Gasteiger partial charge in [0.25, 0.3) is 0 Å². The Morgan fingerprint density at radius 3 is 1.70 bits per heavy atom. The molecule has 1 aliphatic heterocycles. The first-order chi connectivity index (χ1) is 18.5. The van der Waals surface area contributed by atoms with Crippen LogP contribution in [0.5, 0.6) is 0 Å². The summed E-state index contributed by atoms with van der Waals surface area (Å²) in [4.78, 5) is 18.5. The van der Waals surface area contributed by atoms with Gasteiger partial charge in [0.1, 0.15) is 0 Å². The number of carbonyl (C=O) groups excluding carboxylic acids is 1. The molecule has 0 bridgehead atoms. The van der Waals surface area contributed by atoms with E-state index in [4.69, 9.17) is 0 Å². The van der Waals surface area contributed by atoms with Crippen molar-refractivity contribution in [2.45, 2.75) is 119 Å². The Balaban J connectivity index is 1.93. The Morgan fingerprint density at radius 2 is 1.30 bits per heavy atom. The summed E-state index contributed by atoms with van der Waals surface area (Å²) in [5, 5.41) is 13.3. The van der Waals surface area contributed by atoms with Gasteiger partial charge in [-0.2, -0.15) is 0 Å². The van der Waals surface area contributed by atoms with Crippen LogP contribution in [0.3, 0.4) is 0 Å². The third-order valence-corrected chi connectivity index (χ3v) is 10.3. The largest absolute Gasteiger partial charge is 0.871 e. The van der Waals surface area contributed by atoms with Crippen molar-refractivity contribution in [2.75, 3.05) is 0 Å². The van der Waals surface area contributed by atoms with E-state index in [1.165, 1.54) is 32.4 Å². The summed E-state index contributed by atoms with van der Waals surface area (Å²) < 4.78 is 0. The molecule has 1 aliphatic carbocycles. The average Bonchev–Trinajstić information content (AvgIpc) is 2.84. The highest BCUT2D eigenvalue weighted by Gasteiger charge is 2.32. The van der Waals surface area contributed by atoms with Gasteiger partial charge in [-0.05, 0) is 82.8 Å². The number of hydrogen-bond acceptors (Lipinski definition) is 3. The van der Waals surface area contributed by atoms with Gasteiger partial charge >= 0.3 is 0 Å². The van der Waals surface area contributed by atoms with E-state index in [1.54, 1.807) is 6.08 Å². The van der Waals surface area contributed by atoms with Crippen molar-refractivity contribution in [1.82, 2.24) is 0 Å². The lowest BCUT2D eigenvalue weighted by atomic mass is 9.84. The fourth-order valence-electron chi connectivity index (χ4n) is 4.71. The zero-order chi connectivity index (χ0) is 29.8. The van der Waals surface area contributed by atoms with Gasteiger partial charge in [0.05, 0.1) is 0 Å². The van der Waals surface area contributed by atoms with E-state index in [0.717, 1.165) is 36.8 Å². The maximum Gasteiger partial charge on any atom is 0.219 e. The molecule has 3 rings (SSSR count). The predicted molar refractivity (Wildman–Crippen MR) is 175 cm³/mol. The topological polar surface area (TPSA) is 40.1 Å². The van der Waals surface area contributed by atoms with Crippen LogP contribution in [0.2, 0.25) is 0 Å². The van der Waals surface area contributed by atoms with E-state index in [9.17, 15) is 9.90 Å². The van der Waals surface area contributed by atoms with Crippen LogP contribution in [0.25, 0.3) is 6.08 Å². The number of rotatable bonds is 10. The lowest BCUT2D eigenvalue weighted by molar-refractivity contribution is -0.300. The van der Waals surface area contributed by atoms with Gasteiger partial charge in [-0.3, -0.25) is 4.79 Å². The normalized spacial score (nSPS) is 17.6. The van der Waals surface area contributed by atoms with E-state index in [2.05, 4.69) is 93.5 Å².